The minimum absolute atomic E-state index is 0.151. The van der Waals surface area contributed by atoms with Gasteiger partial charge in [-0.2, -0.15) is 0 Å². The van der Waals surface area contributed by atoms with Crippen molar-refractivity contribution < 1.29 is 0 Å². The van der Waals surface area contributed by atoms with Crippen molar-refractivity contribution in [2.75, 3.05) is 18.0 Å². The predicted octanol–water partition coefficient (Wildman–Crippen LogP) is 3.39. The molecular formula is C18H24N2. The Labute approximate surface area is 122 Å². The highest BCUT2D eigenvalue weighted by molar-refractivity contribution is 5.48. The van der Waals surface area contributed by atoms with Gasteiger partial charge in [0.2, 0.25) is 0 Å². The number of nitrogens with zero attached hydrogens (tertiary/aromatic N) is 1. The fourth-order valence-electron chi connectivity index (χ4n) is 2.51. The molecule has 2 aromatic rings. The lowest BCUT2D eigenvalue weighted by molar-refractivity contribution is 0.637. The van der Waals surface area contributed by atoms with E-state index in [0.29, 0.717) is 0 Å². The average Bonchev–Trinajstić information content (AvgIpc) is 2.46. The van der Waals surface area contributed by atoms with Crippen LogP contribution in [0.3, 0.4) is 0 Å². The molecule has 0 aromatic heterocycles. The number of aryl methyl sites for hydroxylation is 1. The molecule has 0 aliphatic heterocycles. The Kier molecular flexibility index (Phi) is 5.19. The van der Waals surface area contributed by atoms with E-state index in [1.807, 2.05) is 6.07 Å². The van der Waals surface area contributed by atoms with Gasteiger partial charge in [0.1, 0.15) is 0 Å². The number of benzene rings is 2. The minimum atomic E-state index is 0.151. The second kappa shape index (κ2) is 7.11. The van der Waals surface area contributed by atoms with E-state index < -0.39 is 0 Å². The second-order valence-corrected chi connectivity index (χ2v) is 5.33. The molecule has 0 spiro atoms. The number of anilines is 1. The molecule has 0 radical (unpaired) electrons. The first-order chi connectivity index (χ1) is 9.69. The number of nitrogens with two attached hydrogens (primary N) is 1. The Bertz CT molecular complexity index is 522. The van der Waals surface area contributed by atoms with Gasteiger partial charge in [-0.1, -0.05) is 42.5 Å². The summed E-state index contributed by atoms with van der Waals surface area (Å²) in [6.07, 6.45) is 0.920. The molecule has 0 aliphatic rings. The first-order valence-corrected chi connectivity index (χ1v) is 7.30. The summed E-state index contributed by atoms with van der Waals surface area (Å²) in [5.41, 5.74) is 10.2. The number of rotatable bonds is 6. The van der Waals surface area contributed by atoms with Gasteiger partial charge in [-0.05, 0) is 43.5 Å². The molecule has 1 atom stereocenters. The molecule has 0 heterocycles. The molecule has 0 saturated heterocycles. The number of likely N-dealkylation sites (N-methyl/N-ethyl adjacent to an activating group) is 1. The van der Waals surface area contributed by atoms with E-state index in [1.165, 1.54) is 16.8 Å². The van der Waals surface area contributed by atoms with Crippen molar-refractivity contribution in [3.05, 3.63) is 65.7 Å². The molecular weight excluding hydrogens is 244 g/mol. The van der Waals surface area contributed by atoms with E-state index in [4.69, 9.17) is 5.73 Å². The van der Waals surface area contributed by atoms with Crippen molar-refractivity contribution in [2.45, 2.75) is 26.3 Å². The maximum absolute atomic E-state index is 6.32. The summed E-state index contributed by atoms with van der Waals surface area (Å²) in [5, 5.41) is 0. The van der Waals surface area contributed by atoms with Crippen molar-refractivity contribution >= 4 is 5.69 Å². The van der Waals surface area contributed by atoms with Gasteiger partial charge in [0.15, 0.2) is 0 Å². The zero-order valence-electron chi connectivity index (χ0n) is 12.4. The van der Waals surface area contributed by atoms with Gasteiger partial charge in [0.05, 0.1) is 0 Å². The predicted molar refractivity (Wildman–Crippen MR) is 87.2 cm³/mol. The summed E-state index contributed by atoms with van der Waals surface area (Å²) < 4.78 is 0. The fraction of sp³-hybridized carbons (Fsp3) is 0.333. The van der Waals surface area contributed by atoms with Gasteiger partial charge in [-0.15, -0.1) is 0 Å². The lowest BCUT2D eigenvalue weighted by atomic mass is 10.1. The molecule has 106 valence electrons. The zero-order chi connectivity index (χ0) is 14.4. The van der Waals surface area contributed by atoms with Gasteiger partial charge >= 0.3 is 0 Å². The molecule has 2 nitrogen and oxygen atoms in total. The quantitative estimate of drug-likeness (QED) is 0.870. The van der Waals surface area contributed by atoms with Gasteiger partial charge < -0.3 is 10.6 Å². The summed E-state index contributed by atoms with van der Waals surface area (Å²) in [4.78, 5) is 2.35. The summed E-state index contributed by atoms with van der Waals surface area (Å²) in [7, 11) is 0. The average molecular weight is 268 g/mol. The van der Waals surface area contributed by atoms with Crippen molar-refractivity contribution in [1.82, 2.24) is 0 Å². The molecule has 2 heteroatoms. The van der Waals surface area contributed by atoms with Gasteiger partial charge in [0, 0.05) is 24.8 Å². The normalized spacial score (nSPS) is 12.2. The molecule has 1 unspecified atom stereocenters. The lowest BCUT2D eigenvalue weighted by Crippen LogP contribution is -2.39. The van der Waals surface area contributed by atoms with Crippen LogP contribution in [0, 0.1) is 6.92 Å². The van der Waals surface area contributed by atoms with E-state index in [9.17, 15) is 0 Å². The maximum Gasteiger partial charge on any atom is 0.0369 e. The maximum atomic E-state index is 6.32. The Morgan fingerprint density at radius 2 is 1.80 bits per heavy atom. The van der Waals surface area contributed by atoms with Crippen molar-refractivity contribution in [2.24, 2.45) is 5.73 Å². The van der Waals surface area contributed by atoms with Crippen LogP contribution in [0.5, 0.6) is 0 Å². The Hall–Kier alpha value is -1.80. The zero-order valence-corrected chi connectivity index (χ0v) is 12.4. The van der Waals surface area contributed by atoms with Crippen LogP contribution in [-0.4, -0.2) is 19.1 Å². The van der Waals surface area contributed by atoms with Gasteiger partial charge in [-0.25, -0.2) is 0 Å². The largest absolute Gasteiger partial charge is 0.370 e. The van der Waals surface area contributed by atoms with Gasteiger partial charge in [0.25, 0.3) is 0 Å². The van der Waals surface area contributed by atoms with Crippen molar-refractivity contribution in [1.29, 1.82) is 0 Å². The molecule has 0 aliphatic carbocycles. The summed E-state index contributed by atoms with van der Waals surface area (Å²) >= 11 is 0. The Morgan fingerprint density at radius 3 is 2.45 bits per heavy atom. The Morgan fingerprint density at radius 1 is 1.05 bits per heavy atom. The molecule has 0 saturated carbocycles. The van der Waals surface area contributed by atoms with Crippen LogP contribution >= 0.6 is 0 Å². The molecule has 0 fully saturated rings. The van der Waals surface area contributed by atoms with Crippen molar-refractivity contribution in [3.8, 4) is 0 Å². The van der Waals surface area contributed by atoms with Crippen LogP contribution in [0.2, 0.25) is 0 Å². The standard InChI is InChI=1S/C18H24N2/c1-3-20(18-11-7-8-15(2)12-18)14-17(19)13-16-9-5-4-6-10-16/h4-12,17H,3,13-14,19H2,1-2H3. The lowest BCUT2D eigenvalue weighted by Gasteiger charge is -2.27. The third-order valence-corrected chi connectivity index (χ3v) is 3.54. The minimum Gasteiger partial charge on any atom is -0.370 e. The summed E-state index contributed by atoms with van der Waals surface area (Å²) in [6, 6.07) is 19.2. The monoisotopic (exact) mass is 268 g/mol. The second-order valence-electron chi connectivity index (χ2n) is 5.33. The number of hydrogen-bond donors (Lipinski definition) is 1. The van der Waals surface area contributed by atoms with Crippen LogP contribution in [0.25, 0.3) is 0 Å². The number of hydrogen-bond acceptors (Lipinski definition) is 2. The highest BCUT2D eigenvalue weighted by atomic mass is 15.1. The van der Waals surface area contributed by atoms with E-state index >= 15 is 0 Å². The topological polar surface area (TPSA) is 29.3 Å². The summed E-state index contributed by atoms with van der Waals surface area (Å²) in [5.74, 6) is 0. The Balaban J connectivity index is 1.99. The third kappa shape index (κ3) is 4.10. The highest BCUT2D eigenvalue weighted by Crippen LogP contribution is 2.16. The van der Waals surface area contributed by atoms with Crippen LogP contribution in [0.15, 0.2) is 54.6 Å². The molecule has 0 bridgehead atoms. The molecule has 20 heavy (non-hydrogen) atoms. The van der Waals surface area contributed by atoms with Crippen LogP contribution in [-0.2, 0) is 6.42 Å². The van der Waals surface area contributed by atoms with Crippen LogP contribution in [0.1, 0.15) is 18.1 Å². The molecule has 0 amide bonds. The summed E-state index contributed by atoms with van der Waals surface area (Å²) in [6.45, 7) is 6.17. The molecule has 2 aromatic carbocycles. The van der Waals surface area contributed by atoms with Crippen LogP contribution in [0.4, 0.5) is 5.69 Å². The third-order valence-electron chi connectivity index (χ3n) is 3.54. The fourth-order valence-corrected chi connectivity index (χ4v) is 2.51. The van der Waals surface area contributed by atoms with Crippen molar-refractivity contribution in [3.63, 3.8) is 0 Å². The smallest absolute Gasteiger partial charge is 0.0369 e. The molecule has 2 rings (SSSR count). The van der Waals surface area contributed by atoms with Crippen LogP contribution < -0.4 is 10.6 Å². The van der Waals surface area contributed by atoms with E-state index in [2.05, 4.69) is 67.3 Å². The SMILES string of the molecule is CCN(CC(N)Cc1ccccc1)c1cccc(C)c1. The van der Waals surface area contributed by atoms with E-state index in [1.54, 1.807) is 0 Å². The van der Waals surface area contributed by atoms with Gasteiger partial charge in [-0.3, -0.25) is 0 Å². The first kappa shape index (κ1) is 14.6. The van der Waals surface area contributed by atoms with E-state index in [0.717, 1.165) is 19.5 Å². The first-order valence-electron chi connectivity index (χ1n) is 7.30. The molecule has 2 N–H and O–H groups in total. The highest BCUT2D eigenvalue weighted by Gasteiger charge is 2.10. The van der Waals surface area contributed by atoms with E-state index in [-0.39, 0.29) is 6.04 Å².